The molecule has 0 atom stereocenters. The number of aryl methyl sites for hydroxylation is 1. The highest BCUT2D eigenvalue weighted by Gasteiger charge is 2.15. The van der Waals surface area contributed by atoms with Gasteiger partial charge in [-0.3, -0.25) is 0 Å². The lowest BCUT2D eigenvalue weighted by Crippen LogP contribution is -2.36. The van der Waals surface area contributed by atoms with Crippen LogP contribution in [0, 0.1) is 6.92 Å². The van der Waals surface area contributed by atoms with Gasteiger partial charge in [-0.2, -0.15) is 0 Å². The van der Waals surface area contributed by atoms with E-state index in [1.54, 1.807) is 23.3 Å². The number of urea groups is 1. The summed E-state index contributed by atoms with van der Waals surface area (Å²) < 4.78 is 10.6. The van der Waals surface area contributed by atoms with E-state index in [1.165, 1.54) is 0 Å². The molecule has 0 spiro atoms. The molecule has 22 heavy (non-hydrogen) atoms. The van der Waals surface area contributed by atoms with Crippen LogP contribution in [0.15, 0.2) is 23.6 Å². The molecule has 116 valence electrons. The zero-order valence-electron chi connectivity index (χ0n) is 12.5. The van der Waals surface area contributed by atoms with Crippen LogP contribution in [0.4, 0.5) is 4.79 Å². The van der Waals surface area contributed by atoms with Crippen LogP contribution in [0.3, 0.4) is 0 Å². The molecule has 1 aromatic carbocycles. The zero-order chi connectivity index (χ0) is 15.5. The predicted octanol–water partition coefficient (Wildman–Crippen LogP) is 2.52. The molecule has 0 bridgehead atoms. The van der Waals surface area contributed by atoms with Gasteiger partial charge in [0.05, 0.1) is 17.2 Å². The Hall–Kier alpha value is -2.28. The summed E-state index contributed by atoms with van der Waals surface area (Å²) in [7, 11) is 1.76. The molecule has 2 aromatic rings. The fourth-order valence-electron chi connectivity index (χ4n) is 2.18. The molecular formula is C15H17N3O3S. The summed E-state index contributed by atoms with van der Waals surface area (Å²) in [5.41, 5.74) is 1.87. The summed E-state index contributed by atoms with van der Waals surface area (Å²) in [5.74, 6) is 1.47. The monoisotopic (exact) mass is 319 g/mol. The molecule has 0 saturated heterocycles. The molecule has 0 fully saturated rings. The second kappa shape index (κ2) is 6.23. The van der Waals surface area contributed by atoms with Crippen molar-refractivity contribution in [3.8, 4) is 11.5 Å². The van der Waals surface area contributed by atoms with Gasteiger partial charge >= 0.3 is 6.03 Å². The van der Waals surface area contributed by atoms with E-state index in [9.17, 15) is 4.79 Å². The van der Waals surface area contributed by atoms with Crippen molar-refractivity contribution < 1.29 is 14.3 Å². The van der Waals surface area contributed by atoms with Crippen LogP contribution in [0.1, 0.15) is 16.3 Å². The summed E-state index contributed by atoms with van der Waals surface area (Å²) in [5, 5.41) is 5.81. The fourth-order valence-corrected chi connectivity index (χ4v) is 2.79. The Balaban J connectivity index is 1.54. The number of carbonyl (C=O) groups excluding carboxylic acids is 1. The lowest BCUT2D eigenvalue weighted by atomic mass is 10.2. The minimum Gasteiger partial charge on any atom is -0.454 e. The van der Waals surface area contributed by atoms with Crippen LogP contribution >= 0.6 is 11.3 Å². The average molecular weight is 319 g/mol. The van der Waals surface area contributed by atoms with Crippen LogP contribution in [-0.4, -0.2) is 29.8 Å². The molecule has 2 heterocycles. The molecule has 1 aliphatic rings. The number of aromatic nitrogens is 1. The van der Waals surface area contributed by atoms with Gasteiger partial charge in [-0.05, 0) is 24.6 Å². The van der Waals surface area contributed by atoms with Crippen molar-refractivity contribution in [3.05, 3.63) is 39.8 Å². The second-order valence-electron chi connectivity index (χ2n) is 5.06. The highest BCUT2D eigenvalue weighted by Crippen LogP contribution is 2.32. The van der Waals surface area contributed by atoms with E-state index in [0.717, 1.165) is 27.8 Å². The lowest BCUT2D eigenvalue weighted by molar-refractivity contribution is 0.174. The number of ether oxygens (including phenoxy) is 2. The summed E-state index contributed by atoms with van der Waals surface area (Å²) in [6.07, 6.45) is 0. The maximum Gasteiger partial charge on any atom is 0.317 e. The largest absolute Gasteiger partial charge is 0.454 e. The first-order valence-electron chi connectivity index (χ1n) is 6.90. The minimum absolute atomic E-state index is 0.136. The molecule has 1 aliphatic heterocycles. The van der Waals surface area contributed by atoms with Crippen molar-refractivity contribution in [2.45, 2.75) is 20.0 Å². The number of benzene rings is 1. The standard InChI is InChI=1S/C15H17N3O3S/c1-10-17-12(8-22-10)6-16-15(19)18(2)7-11-3-4-13-14(5-11)21-9-20-13/h3-5,8H,6-7,9H2,1-2H3,(H,16,19). The zero-order valence-corrected chi connectivity index (χ0v) is 13.3. The molecule has 1 N–H and O–H groups in total. The highest BCUT2D eigenvalue weighted by atomic mass is 32.1. The molecule has 2 amide bonds. The van der Waals surface area contributed by atoms with Crippen LogP contribution < -0.4 is 14.8 Å². The van der Waals surface area contributed by atoms with E-state index in [4.69, 9.17) is 9.47 Å². The molecule has 6 nitrogen and oxygen atoms in total. The van der Waals surface area contributed by atoms with Gasteiger partial charge in [-0.1, -0.05) is 6.07 Å². The fraction of sp³-hybridized carbons (Fsp3) is 0.333. The molecule has 3 rings (SSSR count). The topological polar surface area (TPSA) is 63.7 Å². The van der Waals surface area contributed by atoms with Gasteiger partial charge in [0.2, 0.25) is 6.79 Å². The number of rotatable bonds is 4. The Morgan fingerprint density at radius 3 is 3.00 bits per heavy atom. The number of thiazole rings is 1. The van der Waals surface area contributed by atoms with Gasteiger partial charge in [0.15, 0.2) is 11.5 Å². The first-order chi connectivity index (χ1) is 10.6. The summed E-state index contributed by atoms with van der Waals surface area (Å²) >= 11 is 1.58. The van der Waals surface area contributed by atoms with E-state index < -0.39 is 0 Å². The first-order valence-corrected chi connectivity index (χ1v) is 7.78. The van der Waals surface area contributed by atoms with Crippen molar-refractivity contribution in [3.63, 3.8) is 0 Å². The molecule has 0 radical (unpaired) electrons. The van der Waals surface area contributed by atoms with Gasteiger partial charge in [-0.25, -0.2) is 9.78 Å². The number of nitrogens with zero attached hydrogens (tertiary/aromatic N) is 2. The van der Waals surface area contributed by atoms with Gasteiger partial charge in [0.1, 0.15) is 0 Å². The van der Waals surface area contributed by atoms with E-state index in [0.29, 0.717) is 13.1 Å². The Labute approximate surface area is 132 Å². The van der Waals surface area contributed by atoms with Gasteiger partial charge in [0.25, 0.3) is 0 Å². The normalized spacial score (nSPS) is 12.3. The third-order valence-corrected chi connectivity index (χ3v) is 4.11. The Morgan fingerprint density at radius 2 is 2.23 bits per heavy atom. The third kappa shape index (κ3) is 3.30. The number of hydrogen-bond acceptors (Lipinski definition) is 5. The Kier molecular flexibility index (Phi) is 4.15. The third-order valence-electron chi connectivity index (χ3n) is 3.29. The highest BCUT2D eigenvalue weighted by molar-refractivity contribution is 7.09. The number of nitrogens with one attached hydrogen (secondary N) is 1. The van der Waals surface area contributed by atoms with Crippen LogP contribution in [0.25, 0.3) is 0 Å². The maximum absolute atomic E-state index is 12.1. The predicted molar refractivity (Wildman–Crippen MR) is 83.1 cm³/mol. The van der Waals surface area contributed by atoms with Crippen LogP contribution in [0.2, 0.25) is 0 Å². The van der Waals surface area contributed by atoms with E-state index in [-0.39, 0.29) is 12.8 Å². The molecule has 0 unspecified atom stereocenters. The van der Waals surface area contributed by atoms with E-state index in [2.05, 4.69) is 10.3 Å². The molecule has 7 heteroatoms. The van der Waals surface area contributed by atoms with Crippen molar-refractivity contribution in [2.75, 3.05) is 13.8 Å². The summed E-state index contributed by atoms with van der Waals surface area (Å²) in [6.45, 7) is 3.14. The Bertz CT molecular complexity index is 686. The Morgan fingerprint density at radius 1 is 1.41 bits per heavy atom. The SMILES string of the molecule is Cc1nc(CNC(=O)N(C)Cc2ccc3c(c2)OCO3)cs1. The number of carbonyl (C=O) groups is 1. The smallest absolute Gasteiger partial charge is 0.317 e. The van der Waals surface area contributed by atoms with Crippen LogP contribution in [-0.2, 0) is 13.1 Å². The van der Waals surface area contributed by atoms with Gasteiger partial charge < -0.3 is 19.7 Å². The van der Waals surface area contributed by atoms with E-state index >= 15 is 0 Å². The first kappa shape index (κ1) is 14.6. The summed E-state index contributed by atoms with van der Waals surface area (Å²) in [6, 6.07) is 5.56. The summed E-state index contributed by atoms with van der Waals surface area (Å²) in [4.78, 5) is 18.0. The maximum atomic E-state index is 12.1. The molecule has 1 aromatic heterocycles. The van der Waals surface area contributed by atoms with Crippen molar-refractivity contribution in [1.29, 1.82) is 0 Å². The van der Waals surface area contributed by atoms with Crippen molar-refractivity contribution in [1.82, 2.24) is 15.2 Å². The van der Waals surface area contributed by atoms with Gasteiger partial charge in [0, 0.05) is 19.0 Å². The molecular weight excluding hydrogens is 302 g/mol. The van der Waals surface area contributed by atoms with E-state index in [1.807, 2.05) is 30.5 Å². The van der Waals surface area contributed by atoms with Crippen molar-refractivity contribution in [2.24, 2.45) is 0 Å². The van der Waals surface area contributed by atoms with Gasteiger partial charge in [-0.15, -0.1) is 11.3 Å². The molecule has 0 saturated carbocycles. The number of fused-ring (bicyclic) bond motifs is 1. The second-order valence-corrected chi connectivity index (χ2v) is 6.12. The van der Waals surface area contributed by atoms with Crippen molar-refractivity contribution >= 4 is 17.4 Å². The van der Waals surface area contributed by atoms with Crippen LogP contribution in [0.5, 0.6) is 11.5 Å². The molecule has 0 aliphatic carbocycles. The lowest BCUT2D eigenvalue weighted by Gasteiger charge is -2.18. The quantitative estimate of drug-likeness (QED) is 0.940. The average Bonchev–Trinajstić information content (AvgIpc) is 3.12. The number of amides is 2. The number of hydrogen-bond donors (Lipinski definition) is 1. The minimum atomic E-state index is -0.136.